The molecular formula is C58H100O6. The van der Waals surface area contributed by atoms with E-state index >= 15 is 0 Å². The fourth-order valence-electron chi connectivity index (χ4n) is 7.35. The first-order valence-electron chi connectivity index (χ1n) is 26.9. The first-order valence-corrected chi connectivity index (χ1v) is 26.9. The van der Waals surface area contributed by atoms with Crippen molar-refractivity contribution in [1.29, 1.82) is 0 Å². The summed E-state index contributed by atoms with van der Waals surface area (Å²) in [5, 5.41) is 0. The Bertz CT molecular complexity index is 1210. The summed E-state index contributed by atoms with van der Waals surface area (Å²) in [6.45, 7) is 6.45. The van der Waals surface area contributed by atoms with Gasteiger partial charge in [-0.25, -0.2) is 0 Å². The highest BCUT2D eigenvalue weighted by atomic mass is 16.6. The molecule has 64 heavy (non-hydrogen) atoms. The van der Waals surface area contributed by atoms with E-state index in [9.17, 15) is 14.4 Å². The van der Waals surface area contributed by atoms with Crippen LogP contribution in [0.4, 0.5) is 0 Å². The van der Waals surface area contributed by atoms with Gasteiger partial charge in [-0.15, -0.1) is 0 Å². The van der Waals surface area contributed by atoms with E-state index in [1.165, 1.54) is 109 Å². The van der Waals surface area contributed by atoms with Crippen LogP contribution in [0.1, 0.15) is 258 Å². The zero-order valence-corrected chi connectivity index (χ0v) is 42.0. The maximum Gasteiger partial charge on any atom is 0.306 e. The van der Waals surface area contributed by atoms with E-state index in [1.807, 2.05) is 0 Å². The van der Waals surface area contributed by atoms with Gasteiger partial charge in [-0.05, 0) is 103 Å². The second-order valence-corrected chi connectivity index (χ2v) is 17.7. The first kappa shape index (κ1) is 60.9. The van der Waals surface area contributed by atoms with Crippen LogP contribution >= 0.6 is 0 Å². The minimum Gasteiger partial charge on any atom is -0.462 e. The number of hydrogen-bond donors (Lipinski definition) is 0. The zero-order chi connectivity index (χ0) is 46.5. The van der Waals surface area contributed by atoms with Gasteiger partial charge in [-0.3, -0.25) is 14.4 Å². The molecule has 0 saturated carbocycles. The summed E-state index contributed by atoms with van der Waals surface area (Å²) in [7, 11) is 0. The van der Waals surface area contributed by atoms with E-state index in [-0.39, 0.29) is 31.1 Å². The second-order valence-electron chi connectivity index (χ2n) is 17.7. The van der Waals surface area contributed by atoms with Crippen LogP contribution in [0.2, 0.25) is 0 Å². The quantitative estimate of drug-likeness (QED) is 0.0262. The molecule has 0 aliphatic carbocycles. The highest BCUT2D eigenvalue weighted by Gasteiger charge is 2.19. The van der Waals surface area contributed by atoms with Crippen LogP contribution in [0, 0.1) is 0 Å². The molecule has 0 aromatic carbocycles. The molecule has 0 heterocycles. The Hall–Kier alpha value is -3.15. The molecular weight excluding hydrogens is 793 g/mol. The van der Waals surface area contributed by atoms with Crippen LogP contribution in [-0.2, 0) is 28.6 Å². The van der Waals surface area contributed by atoms with Crippen molar-refractivity contribution in [2.45, 2.75) is 264 Å². The molecule has 0 rings (SSSR count). The van der Waals surface area contributed by atoms with E-state index in [1.54, 1.807) is 0 Å². The minimum absolute atomic E-state index is 0.0915. The summed E-state index contributed by atoms with van der Waals surface area (Å²) >= 11 is 0. The average Bonchev–Trinajstić information content (AvgIpc) is 3.29. The summed E-state index contributed by atoms with van der Waals surface area (Å²) in [4.78, 5) is 38.0. The molecule has 6 nitrogen and oxygen atoms in total. The lowest BCUT2D eigenvalue weighted by Gasteiger charge is -2.18. The minimum atomic E-state index is -0.795. The number of carbonyl (C=O) groups is 3. The number of esters is 3. The van der Waals surface area contributed by atoms with E-state index in [0.29, 0.717) is 19.3 Å². The fraction of sp³-hybridized carbons (Fsp3) is 0.741. The van der Waals surface area contributed by atoms with Gasteiger partial charge >= 0.3 is 17.9 Å². The number of carbonyl (C=O) groups excluding carboxylic acids is 3. The van der Waals surface area contributed by atoms with Gasteiger partial charge < -0.3 is 14.2 Å². The van der Waals surface area contributed by atoms with Crippen LogP contribution < -0.4 is 0 Å². The molecule has 0 bridgehead atoms. The van der Waals surface area contributed by atoms with Crippen molar-refractivity contribution in [3.05, 3.63) is 72.9 Å². The smallest absolute Gasteiger partial charge is 0.306 e. The maximum absolute atomic E-state index is 12.8. The van der Waals surface area contributed by atoms with Crippen LogP contribution in [0.15, 0.2) is 72.9 Å². The number of ether oxygens (including phenoxy) is 3. The second kappa shape index (κ2) is 52.5. The lowest BCUT2D eigenvalue weighted by Crippen LogP contribution is -2.30. The third-order valence-electron chi connectivity index (χ3n) is 11.4. The third-order valence-corrected chi connectivity index (χ3v) is 11.4. The molecule has 0 spiro atoms. The van der Waals surface area contributed by atoms with Crippen molar-refractivity contribution in [1.82, 2.24) is 0 Å². The van der Waals surface area contributed by atoms with Gasteiger partial charge in [0.15, 0.2) is 6.10 Å². The summed E-state index contributed by atoms with van der Waals surface area (Å²) in [5.74, 6) is -0.935. The van der Waals surface area contributed by atoms with Crippen molar-refractivity contribution in [2.24, 2.45) is 0 Å². The molecule has 0 aromatic heterocycles. The molecule has 0 N–H and O–H groups in total. The molecule has 0 aromatic rings. The lowest BCUT2D eigenvalue weighted by atomic mass is 10.1. The van der Waals surface area contributed by atoms with Crippen LogP contribution in [0.3, 0.4) is 0 Å². The Morgan fingerprint density at radius 3 is 1.03 bits per heavy atom. The Morgan fingerprint density at radius 1 is 0.328 bits per heavy atom. The molecule has 0 aliphatic heterocycles. The molecule has 0 aliphatic rings. The van der Waals surface area contributed by atoms with E-state index < -0.39 is 6.10 Å². The molecule has 368 valence electrons. The van der Waals surface area contributed by atoms with Crippen molar-refractivity contribution in [2.75, 3.05) is 13.2 Å². The summed E-state index contributed by atoms with van der Waals surface area (Å²) in [6.07, 6.45) is 66.0. The molecule has 6 heteroatoms. The highest BCUT2D eigenvalue weighted by Crippen LogP contribution is 2.14. The van der Waals surface area contributed by atoms with Gasteiger partial charge in [-0.2, -0.15) is 0 Å². The molecule has 1 unspecified atom stereocenters. The van der Waals surface area contributed by atoms with Crippen molar-refractivity contribution in [3.63, 3.8) is 0 Å². The Kier molecular flexibility index (Phi) is 49.9. The number of rotatable bonds is 48. The predicted molar refractivity (Wildman–Crippen MR) is 274 cm³/mol. The standard InChI is InChI=1S/C58H100O6/c1-4-7-10-13-16-19-22-25-27-28-29-30-31-34-36-39-42-45-48-51-57(60)63-54-55(53-62-56(59)50-47-44-41-38-35-32-24-21-18-15-12-9-6-3)64-58(61)52-49-46-43-40-37-33-26-23-20-17-14-11-8-5-2/h9,12,14,17-18,21,23,25-27,32,35,55H,4-8,10-11,13,15-16,19-20,22,24,28-31,33-34,36-54H2,1-3H3/b12-9-,17-14-,21-18-,26-23-,27-25-,35-32-. The largest absolute Gasteiger partial charge is 0.462 e. The number of unbranched alkanes of at least 4 members (excludes halogenated alkanes) is 25. The molecule has 0 saturated heterocycles. The summed E-state index contributed by atoms with van der Waals surface area (Å²) < 4.78 is 16.8. The number of allylic oxidation sites excluding steroid dienone is 12. The predicted octanol–water partition coefficient (Wildman–Crippen LogP) is 17.8. The van der Waals surface area contributed by atoms with Gasteiger partial charge in [-0.1, -0.05) is 209 Å². The van der Waals surface area contributed by atoms with E-state index in [4.69, 9.17) is 14.2 Å². The Labute approximate surface area is 395 Å². The first-order chi connectivity index (χ1) is 31.5. The average molecular weight is 893 g/mol. The monoisotopic (exact) mass is 893 g/mol. The Balaban J connectivity index is 4.39. The van der Waals surface area contributed by atoms with E-state index in [0.717, 1.165) is 109 Å². The van der Waals surface area contributed by atoms with Crippen LogP contribution in [-0.4, -0.2) is 37.2 Å². The SMILES string of the molecule is CC/C=C\C/C=C\C/C=C\CCCCCC(=O)OCC(COC(=O)CCCCCCCCCCC/C=C\CCCCCCCC)OC(=O)CCCCCCC/C=C\C/C=C\CCCC. The third kappa shape index (κ3) is 49.9. The topological polar surface area (TPSA) is 78.9 Å². The lowest BCUT2D eigenvalue weighted by molar-refractivity contribution is -0.167. The molecule has 1 atom stereocenters. The fourth-order valence-corrected chi connectivity index (χ4v) is 7.35. The van der Waals surface area contributed by atoms with Gasteiger partial charge in [0.25, 0.3) is 0 Å². The van der Waals surface area contributed by atoms with Crippen molar-refractivity contribution < 1.29 is 28.6 Å². The Morgan fingerprint density at radius 2 is 0.625 bits per heavy atom. The van der Waals surface area contributed by atoms with Crippen molar-refractivity contribution >= 4 is 17.9 Å². The summed E-state index contributed by atoms with van der Waals surface area (Å²) in [6, 6.07) is 0. The van der Waals surface area contributed by atoms with Crippen molar-refractivity contribution in [3.8, 4) is 0 Å². The summed E-state index contributed by atoms with van der Waals surface area (Å²) in [5.41, 5.74) is 0. The molecule has 0 radical (unpaired) electrons. The zero-order valence-electron chi connectivity index (χ0n) is 42.0. The van der Waals surface area contributed by atoms with Gasteiger partial charge in [0.2, 0.25) is 0 Å². The van der Waals surface area contributed by atoms with Gasteiger partial charge in [0.1, 0.15) is 13.2 Å². The molecule has 0 fully saturated rings. The van der Waals surface area contributed by atoms with Crippen LogP contribution in [0.5, 0.6) is 0 Å². The normalized spacial score (nSPS) is 12.6. The van der Waals surface area contributed by atoms with Gasteiger partial charge in [0.05, 0.1) is 0 Å². The molecule has 0 amide bonds. The van der Waals surface area contributed by atoms with Gasteiger partial charge in [0, 0.05) is 19.3 Å². The number of hydrogen-bond acceptors (Lipinski definition) is 6. The van der Waals surface area contributed by atoms with Crippen LogP contribution in [0.25, 0.3) is 0 Å². The maximum atomic E-state index is 12.8. The highest BCUT2D eigenvalue weighted by molar-refractivity contribution is 5.71. The van der Waals surface area contributed by atoms with E-state index in [2.05, 4.69) is 93.7 Å².